The van der Waals surface area contributed by atoms with E-state index in [1.54, 1.807) is 0 Å². The van der Waals surface area contributed by atoms with Crippen LogP contribution < -0.4 is 0 Å². The molecular formula is C16H16ClN3O. The fourth-order valence-electron chi connectivity index (χ4n) is 2.92. The highest BCUT2D eigenvalue weighted by molar-refractivity contribution is 6.31. The van der Waals surface area contributed by atoms with Gasteiger partial charge in [-0.25, -0.2) is 0 Å². The monoisotopic (exact) mass is 301 g/mol. The second kappa shape index (κ2) is 5.88. The molecule has 0 saturated heterocycles. The molecule has 1 aromatic heterocycles. The Bertz CT molecular complexity index is 702. The number of hydrogen-bond donors (Lipinski definition) is 1. The highest BCUT2D eigenvalue weighted by Crippen LogP contribution is 2.29. The van der Waals surface area contributed by atoms with Crippen molar-refractivity contribution in [3.05, 3.63) is 51.8 Å². The normalized spacial score (nSPS) is 17.3. The van der Waals surface area contributed by atoms with Gasteiger partial charge in [0.15, 0.2) is 0 Å². The number of benzene rings is 1. The number of nitriles is 1. The van der Waals surface area contributed by atoms with Crippen molar-refractivity contribution in [1.29, 1.82) is 5.26 Å². The summed E-state index contributed by atoms with van der Waals surface area (Å²) in [5.74, 6) is 0.0331. The summed E-state index contributed by atoms with van der Waals surface area (Å²) in [5, 5.41) is 23.9. The molecule has 0 fully saturated rings. The molecule has 0 bridgehead atoms. The van der Waals surface area contributed by atoms with E-state index < -0.39 is 0 Å². The summed E-state index contributed by atoms with van der Waals surface area (Å²) >= 11 is 6.21. The number of hydrogen-bond acceptors (Lipinski definition) is 3. The topological polar surface area (TPSA) is 61.8 Å². The molecule has 3 rings (SSSR count). The first-order valence-electron chi connectivity index (χ1n) is 7.04. The second-order valence-corrected chi connectivity index (χ2v) is 5.76. The predicted molar refractivity (Wildman–Crippen MR) is 79.8 cm³/mol. The first kappa shape index (κ1) is 14.1. The van der Waals surface area contributed by atoms with E-state index in [-0.39, 0.29) is 12.5 Å². The molecular weight excluding hydrogens is 286 g/mol. The largest absolute Gasteiger partial charge is 0.390 e. The fourth-order valence-corrected chi connectivity index (χ4v) is 3.11. The molecule has 2 aromatic rings. The predicted octanol–water partition coefficient (Wildman–Crippen LogP) is 2.71. The van der Waals surface area contributed by atoms with Crippen molar-refractivity contribution in [2.45, 2.75) is 32.4 Å². The highest BCUT2D eigenvalue weighted by Gasteiger charge is 2.26. The minimum Gasteiger partial charge on any atom is -0.390 e. The van der Waals surface area contributed by atoms with E-state index in [9.17, 15) is 5.11 Å². The number of halogens is 1. The molecule has 108 valence electrons. The van der Waals surface area contributed by atoms with Crippen LogP contribution in [0.3, 0.4) is 0 Å². The van der Waals surface area contributed by atoms with E-state index in [0.717, 1.165) is 35.4 Å². The van der Waals surface area contributed by atoms with Crippen LogP contribution in [0.4, 0.5) is 0 Å². The second-order valence-electron chi connectivity index (χ2n) is 5.35. The van der Waals surface area contributed by atoms with E-state index in [4.69, 9.17) is 16.9 Å². The summed E-state index contributed by atoms with van der Waals surface area (Å²) in [6, 6.07) is 10.0. The van der Waals surface area contributed by atoms with Crippen LogP contribution in [0.2, 0.25) is 5.02 Å². The molecule has 0 amide bonds. The molecule has 1 N–H and O–H groups in total. The Labute approximate surface area is 128 Å². The number of aliphatic hydroxyl groups is 1. The molecule has 1 aromatic carbocycles. The Morgan fingerprint density at radius 1 is 1.43 bits per heavy atom. The summed E-state index contributed by atoms with van der Waals surface area (Å²) in [7, 11) is 0. The number of rotatable bonds is 3. The zero-order chi connectivity index (χ0) is 14.8. The van der Waals surface area contributed by atoms with E-state index in [2.05, 4.69) is 11.2 Å². The number of aliphatic hydroxyl groups excluding tert-OH is 1. The van der Waals surface area contributed by atoms with Crippen LogP contribution in [-0.2, 0) is 26.0 Å². The van der Waals surface area contributed by atoms with E-state index >= 15 is 0 Å². The van der Waals surface area contributed by atoms with Gasteiger partial charge in [0, 0.05) is 17.1 Å². The van der Waals surface area contributed by atoms with Crippen LogP contribution in [0, 0.1) is 17.2 Å². The summed E-state index contributed by atoms with van der Waals surface area (Å²) in [4.78, 5) is 0. The maximum Gasteiger partial charge on any atom is 0.0913 e. The van der Waals surface area contributed by atoms with Crippen molar-refractivity contribution in [1.82, 2.24) is 9.78 Å². The first-order chi connectivity index (χ1) is 10.2. The molecule has 5 heteroatoms. The van der Waals surface area contributed by atoms with Crippen molar-refractivity contribution in [2.24, 2.45) is 5.92 Å². The fraction of sp³-hybridized carbons (Fsp3) is 0.375. The maximum absolute atomic E-state index is 9.48. The molecule has 1 aliphatic carbocycles. The van der Waals surface area contributed by atoms with Crippen LogP contribution in [0.25, 0.3) is 0 Å². The zero-order valence-electron chi connectivity index (χ0n) is 11.6. The van der Waals surface area contributed by atoms with Crippen LogP contribution in [0.5, 0.6) is 0 Å². The first-order valence-corrected chi connectivity index (χ1v) is 7.42. The van der Waals surface area contributed by atoms with Crippen LogP contribution >= 0.6 is 11.6 Å². The van der Waals surface area contributed by atoms with Crippen molar-refractivity contribution in [2.75, 3.05) is 0 Å². The molecule has 1 aliphatic rings. The minimum atomic E-state index is -0.0604. The van der Waals surface area contributed by atoms with Crippen molar-refractivity contribution in [3.63, 3.8) is 0 Å². The Balaban J connectivity index is 1.98. The molecule has 1 atom stereocenters. The van der Waals surface area contributed by atoms with Gasteiger partial charge in [-0.1, -0.05) is 29.8 Å². The Hall–Kier alpha value is -1.83. The SMILES string of the molecule is N#CC1CCc2c(CO)nn(Cc3ccccc3Cl)c2C1. The third-order valence-corrected chi connectivity index (χ3v) is 4.41. The maximum atomic E-state index is 9.48. The van der Waals surface area contributed by atoms with Crippen LogP contribution in [0.1, 0.15) is 28.9 Å². The number of fused-ring (bicyclic) bond motifs is 1. The van der Waals surface area contributed by atoms with Gasteiger partial charge in [0.05, 0.1) is 30.8 Å². The summed E-state index contributed by atoms with van der Waals surface area (Å²) in [6.07, 6.45) is 2.35. The Kier molecular flexibility index (Phi) is 3.96. The quantitative estimate of drug-likeness (QED) is 0.948. The highest BCUT2D eigenvalue weighted by atomic mass is 35.5. The molecule has 0 saturated carbocycles. The average Bonchev–Trinajstić information content (AvgIpc) is 2.86. The molecule has 0 spiro atoms. The van der Waals surface area contributed by atoms with E-state index in [1.165, 1.54) is 0 Å². The lowest BCUT2D eigenvalue weighted by atomic mass is 9.87. The van der Waals surface area contributed by atoms with Gasteiger partial charge in [0.2, 0.25) is 0 Å². The van der Waals surface area contributed by atoms with E-state index in [1.807, 2.05) is 28.9 Å². The lowest BCUT2D eigenvalue weighted by Gasteiger charge is -2.18. The summed E-state index contributed by atoms with van der Waals surface area (Å²) in [5.41, 5.74) is 3.90. The van der Waals surface area contributed by atoms with Gasteiger partial charge in [-0.2, -0.15) is 10.4 Å². The molecule has 4 nitrogen and oxygen atoms in total. The number of aromatic nitrogens is 2. The van der Waals surface area contributed by atoms with Gasteiger partial charge in [-0.15, -0.1) is 0 Å². The molecule has 0 aliphatic heterocycles. The summed E-state index contributed by atoms with van der Waals surface area (Å²) in [6.45, 7) is 0.509. The molecule has 0 radical (unpaired) electrons. The zero-order valence-corrected chi connectivity index (χ0v) is 12.3. The van der Waals surface area contributed by atoms with Gasteiger partial charge in [0.1, 0.15) is 0 Å². The Morgan fingerprint density at radius 3 is 2.95 bits per heavy atom. The minimum absolute atomic E-state index is 0.0331. The lowest BCUT2D eigenvalue weighted by Crippen LogP contribution is -2.16. The number of nitrogens with zero attached hydrogens (tertiary/aromatic N) is 3. The van der Waals surface area contributed by atoms with Crippen molar-refractivity contribution >= 4 is 11.6 Å². The molecule has 21 heavy (non-hydrogen) atoms. The van der Waals surface area contributed by atoms with Crippen molar-refractivity contribution in [3.8, 4) is 6.07 Å². The smallest absolute Gasteiger partial charge is 0.0913 e. The van der Waals surface area contributed by atoms with Gasteiger partial charge in [-0.05, 0) is 30.0 Å². The molecule has 1 heterocycles. The third-order valence-electron chi connectivity index (χ3n) is 4.04. The van der Waals surface area contributed by atoms with Crippen LogP contribution in [-0.4, -0.2) is 14.9 Å². The standard InChI is InChI=1S/C16H16ClN3O/c17-14-4-2-1-3-12(14)9-20-16-7-11(8-18)5-6-13(16)15(10-21)19-20/h1-4,11,21H,5-7,9-10H2. The van der Waals surface area contributed by atoms with Gasteiger partial charge >= 0.3 is 0 Å². The third kappa shape index (κ3) is 2.67. The van der Waals surface area contributed by atoms with E-state index in [0.29, 0.717) is 18.0 Å². The summed E-state index contributed by atoms with van der Waals surface area (Å²) < 4.78 is 1.89. The van der Waals surface area contributed by atoms with Crippen molar-refractivity contribution < 1.29 is 5.11 Å². The average molecular weight is 302 g/mol. The van der Waals surface area contributed by atoms with Crippen LogP contribution in [0.15, 0.2) is 24.3 Å². The Morgan fingerprint density at radius 2 is 2.24 bits per heavy atom. The van der Waals surface area contributed by atoms with Gasteiger partial charge in [0.25, 0.3) is 0 Å². The van der Waals surface area contributed by atoms with Gasteiger partial charge < -0.3 is 5.11 Å². The van der Waals surface area contributed by atoms with Gasteiger partial charge in [-0.3, -0.25) is 4.68 Å². The lowest BCUT2D eigenvalue weighted by molar-refractivity contribution is 0.274. The molecule has 1 unspecified atom stereocenters.